The molecule has 3 aromatic rings. The number of rotatable bonds is 6. The third-order valence-electron chi connectivity index (χ3n) is 4.89. The molecule has 144 valence electrons. The van der Waals surface area contributed by atoms with E-state index in [0.29, 0.717) is 6.54 Å². The van der Waals surface area contributed by atoms with E-state index in [4.69, 9.17) is 0 Å². The lowest BCUT2D eigenvalue weighted by atomic mass is 10.2. The van der Waals surface area contributed by atoms with Gasteiger partial charge in [0, 0.05) is 31.0 Å². The highest BCUT2D eigenvalue weighted by atomic mass is 32.2. The zero-order valence-corrected chi connectivity index (χ0v) is 16.7. The molecule has 1 saturated heterocycles. The van der Waals surface area contributed by atoms with Crippen LogP contribution in [0.5, 0.6) is 0 Å². The molecule has 1 aromatic carbocycles. The maximum Gasteiger partial charge on any atom is 0.235 e. The smallest absolute Gasteiger partial charge is 0.235 e. The average Bonchev–Trinajstić information content (AvgIpc) is 3.40. The molecule has 4 rings (SSSR count). The van der Waals surface area contributed by atoms with Crippen LogP contribution in [0.1, 0.15) is 25.3 Å². The van der Waals surface area contributed by atoms with Gasteiger partial charge in [-0.2, -0.15) is 0 Å². The van der Waals surface area contributed by atoms with Crippen LogP contribution in [0.15, 0.2) is 60.0 Å². The van der Waals surface area contributed by atoms with Gasteiger partial charge in [-0.05, 0) is 37.5 Å². The van der Waals surface area contributed by atoms with Gasteiger partial charge in [-0.25, -0.2) is 0 Å². The van der Waals surface area contributed by atoms with Crippen molar-refractivity contribution in [3.05, 3.63) is 60.4 Å². The molecule has 7 heteroatoms. The molecular weight excluding hydrogens is 370 g/mol. The summed E-state index contributed by atoms with van der Waals surface area (Å²) < 4.78 is 2.09. The Balaban J connectivity index is 1.62. The van der Waals surface area contributed by atoms with E-state index in [-0.39, 0.29) is 11.2 Å². The van der Waals surface area contributed by atoms with Crippen molar-refractivity contribution >= 4 is 17.7 Å². The van der Waals surface area contributed by atoms with Crippen molar-refractivity contribution in [3.8, 4) is 11.4 Å². The van der Waals surface area contributed by atoms with E-state index >= 15 is 0 Å². The maximum atomic E-state index is 12.7. The molecule has 0 N–H and O–H groups in total. The summed E-state index contributed by atoms with van der Waals surface area (Å²) in [5.74, 6) is 0.969. The molecular formula is C21H23N5OS. The molecule has 0 spiro atoms. The summed E-state index contributed by atoms with van der Waals surface area (Å²) >= 11 is 1.48. The summed E-state index contributed by atoms with van der Waals surface area (Å²) in [7, 11) is 0. The molecule has 2 aromatic heterocycles. The minimum atomic E-state index is -0.192. The van der Waals surface area contributed by atoms with Crippen molar-refractivity contribution in [2.24, 2.45) is 0 Å². The fourth-order valence-electron chi connectivity index (χ4n) is 3.40. The standard InChI is InChI=1S/C21H23N5OS/c1-16(20(27)25-13-5-6-14-25)28-21-24-23-19(18-9-11-22-12-10-18)26(21)15-17-7-3-2-4-8-17/h2-4,7-12,16H,5-6,13-15H2,1H3/t16-/m1/s1. The number of pyridine rings is 1. The highest BCUT2D eigenvalue weighted by Gasteiger charge is 2.26. The maximum absolute atomic E-state index is 12.7. The second kappa shape index (κ2) is 8.56. The molecule has 3 heterocycles. The van der Waals surface area contributed by atoms with Gasteiger partial charge in [-0.3, -0.25) is 14.3 Å². The van der Waals surface area contributed by atoms with E-state index < -0.39 is 0 Å². The summed E-state index contributed by atoms with van der Waals surface area (Å²) in [4.78, 5) is 18.8. The number of amides is 1. The number of aromatic nitrogens is 4. The summed E-state index contributed by atoms with van der Waals surface area (Å²) in [6.07, 6.45) is 5.70. The monoisotopic (exact) mass is 393 g/mol. The van der Waals surface area contributed by atoms with Gasteiger partial charge in [0.2, 0.25) is 5.91 Å². The molecule has 1 atom stereocenters. The number of carbonyl (C=O) groups is 1. The predicted molar refractivity (Wildman–Crippen MR) is 110 cm³/mol. The van der Waals surface area contributed by atoms with Crippen LogP contribution in [-0.2, 0) is 11.3 Å². The molecule has 6 nitrogen and oxygen atoms in total. The van der Waals surface area contributed by atoms with Crippen LogP contribution in [0.3, 0.4) is 0 Å². The van der Waals surface area contributed by atoms with Crippen molar-refractivity contribution in [1.29, 1.82) is 0 Å². The zero-order chi connectivity index (χ0) is 19.3. The third-order valence-corrected chi connectivity index (χ3v) is 5.95. The van der Waals surface area contributed by atoms with E-state index in [1.165, 1.54) is 11.8 Å². The van der Waals surface area contributed by atoms with Crippen molar-refractivity contribution in [2.75, 3.05) is 13.1 Å². The van der Waals surface area contributed by atoms with Gasteiger partial charge >= 0.3 is 0 Å². The van der Waals surface area contributed by atoms with Crippen LogP contribution in [-0.4, -0.2) is 48.9 Å². The molecule has 28 heavy (non-hydrogen) atoms. The van der Waals surface area contributed by atoms with Crippen LogP contribution in [0.25, 0.3) is 11.4 Å². The number of carbonyl (C=O) groups excluding carboxylic acids is 1. The van der Waals surface area contributed by atoms with E-state index in [2.05, 4.69) is 31.9 Å². The number of likely N-dealkylation sites (tertiary alicyclic amines) is 1. The topological polar surface area (TPSA) is 63.9 Å². The number of thioether (sulfide) groups is 1. The van der Waals surface area contributed by atoms with E-state index in [1.54, 1.807) is 12.4 Å². The average molecular weight is 394 g/mol. The lowest BCUT2D eigenvalue weighted by molar-refractivity contribution is -0.129. The van der Waals surface area contributed by atoms with E-state index in [9.17, 15) is 4.79 Å². The summed E-state index contributed by atoms with van der Waals surface area (Å²) in [5.41, 5.74) is 2.13. The molecule has 1 fully saturated rings. The van der Waals surface area contributed by atoms with Gasteiger partial charge in [0.15, 0.2) is 11.0 Å². The van der Waals surface area contributed by atoms with Crippen LogP contribution >= 0.6 is 11.8 Å². The Morgan fingerprint density at radius 3 is 2.50 bits per heavy atom. The minimum absolute atomic E-state index is 0.183. The number of nitrogens with zero attached hydrogens (tertiary/aromatic N) is 5. The Labute approximate surface area is 169 Å². The number of hydrogen-bond donors (Lipinski definition) is 0. The van der Waals surface area contributed by atoms with Gasteiger partial charge in [0.05, 0.1) is 11.8 Å². The van der Waals surface area contributed by atoms with Crippen molar-refractivity contribution in [1.82, 2.24) is 24.6 Å². The number of hydrogen-bond acceptors (Lipinski definition) is 5. The first-order valence-electron chi connectivity index (χ1n) is 9.55. The Morgan fingerprint density at radius 1 is 1.07 bits per heavy atom. The largest absolute Gasteiger partial charge is 0.342 e. The van der Waals surface area contributed by atoms with E-state index in [0.717, 1.165) is 48.0 Å². The lowest BCUT2D eigenvalue weighted by Crippen LogP contribution is -2.34. The first kappa shape index (κ1) is 18.7. The molecule has 0 radical (unpaired) electrons. The van der Waals surface area contributed by atoms with Crippen LogP contribution in [0, 0.1) is 0 Å². The Hall–Kier alpha value is -2.67. The first-order valence-corrected chi connectivity index (χ1v) is 10.4. The van der Waals surface area contributed by atoms with Crippen LogP contribution < -0.4 is 0 Å². The van der Waals surface area contributed by atoms with Crippen LogP contribution in [0.4, 0.5) is 0 Å². The zero-order valence-electron chi connectivity index (χ0n) is 15.9. The normalized spacial score (nSPS) is 15.0. The van der Waals surface area contributed by atoms with Gasteiger partial charge in [0.25, 0.3) is 0 Å². The van der Waals surface area contributed by atoms with Gasteiger partial charge in [-0.15, -0.1) is 10.2 Å². The second-order valence-corrected chi connectivity index (χ2v) is 8.21. The Kier molecular flexibility index (Phi) is 5.71. The summed E-state index contributed by atoms with van der Waals surface area (Å²) in [6.45, 7) is 4.34. The number of benzene rings is 1. The molecule has 0 bridgehead atoms. The molecule has 1 amide bonds. The SMILES string of the molecule is C[C@@H](Sc1nnc(-c2ccncc2)n1Cc1ccccc1)C(=O)N1CCCC1. The van der Waals surface area contributed by atoms with Crippen LogP contribution in [0.2, 0.25) is 0 Å². The highest BCUT2D eigenvalue weighted by molar-refractivity contribution is 8.00. The molecule has 0 aliphatic carbocycles. The van der Waals surface area contributed by atoms with Crippen molar-refractivity contribution in [3.63, 3.8) is 0 Å². The molecule has 0 saturated carbocycles. The Bertz CT molecular complexity index is 922. The van der Waals surface area contributed by atoms with Crippen molar-refractivity contribution < 1.29 is 4.79 Å². The lowest BCUT2D eigenvalue weighted by Gasteiger charge is -2.20. The second-order valence-electron chi connectivity index (χ2n) is 6.91. The molecule has 0 unspecified atom stereocenters. The summed E-state index contributed by atoms with van der Waals surface area (Å²) in [6, 6.07) is 14.1. The first-order chi connectivity index (χ1) is 13.7. The van der Waals surface area contributed by atoms with Gasteiger partial charge in [0.1, 0.15) is 0 Å². The fraction of sp³-hybridized carbons (Fsp3) is 0.333. The minimum Gasteiger partial charge on any atom is -0.342 e. The Morgan fingerprint density at radius 2 is 1.79 bits per heavy atom. The predicted octanol–water partition coefficient (Wildman–Crippen LogP) is 3.49. The third kappa shape index (κ3) is 4.09. The summed E-state index contributed by atoms with van der Waals surface area (Å²) in [5, 5.41) is 9.42. The highest BCUT2D eigenvalue weighted by Crippen LogP contribution is 2.29. The van der Waals surface area contributed by atoms with Gasteiger partial charge in [-0.1, -0.05) is 42.1 Å². The fourth-order valence-corrected chi connectivity index (χ4v) is 4.33. The quantitative estimate of drug-likeness (QED) is 0.600. The van der Waals surface area contributed by atoms with Crippen molar-refractivity contribution in [2.45, 2.75) is 36.7 Å². The molecule has 1 aliphatic rings. The van der Waals surface area contributed by atoms with E-state index in [1.807, 2.05) is 42.2 Å². The van der Waals surface area contributed by atoms with Gasteiger partial charge < -0.3 is 4.90 Å². The molecule has 1 aliphatic heterocycles.